The number of rotatable bonds is 6. The molecule has 1 aliphatic heterocycles. The quantitative estimate of drug-likeness (QED) is 0.875. The van der Waals surface area contributed by atoms with Crippen LogP contribution in [0.15, 0.2) is 24.3 Å². The van der Waals surface area contributed by atoms with E-state index in [1.165, 1.54) is 0 Å². The molecule has 1 fully saturated rings. The van der Waals surface area contributed by atoms with Crippen LogP contribution in [0.3, 0.4) is 0 Å². The SMILES string of the molecule is CCCOc1cccc(CC(=O)N2CCC(C(=O)O)C(C)C2)c1. The number of hydrogen-bond acceptors (Lipinski definition) is 3. The van der Waals surface area contributed by atoms with Gasteiger partial charge in [-0.05, 0) is 36.5 Å². The van der Waals surface area contributed by atoms with Gasteiger partial charge in [-0.2, -0.15) is 0 Å². The second-order valence-electron chi connectivity index (χ2n) is 6.22. The summed E-state index contributed by atoms with van der Waals surface area (Å²) in [6.07, 6.45) is 1.80. The Hall–Kier alpha value is -2.04. The number of carbonyl (C=O) groups excluding carboxylic acids is 1. The molecule has 1 saturated heterocycles. The normalized spacial score (nSPS) is 21.0. The van der Waals surface area contributed by atoms with E-state index in [-0.39, 0.29) is 17.7 Å². The van der Waals surface area contributed by atoms with Gasteiger partial charge in [-0.3, -0.25) is 9.59 Å². The number of ether oxygens (including phenoxy) is 1. The van der Waals surface area contributed by atoms with Crippen molar-refractivity contribution in [2.75, 3.05) is 19.7 Å². The van der Waals surface area contributed by atoms with Crippen LogP contribution < -0.4 is 4.74 Å². The van der Waals surface area contributed by atoms with Gasteiger partial charge in [0.2, 0.25) is 5.91 Å². The molecule has 5 heteroatoms. The molecule has 23 heavy (non-hydrogen) atoms. The first-order valence-corrected chi connectivity index (χ1v) is 8.23. The van der Waals surface area contributed by atoms with Crippen molar-refractivity contribution in [2.24, 2.45) is 11.8 Å². The Kier molecular flexibility index (Phi) is 6.02. The Morgan fingerprint density at radius 3 is 2.83 bits per heavy atom. The van der Waals surface area contributed by atoms with Crippen LogP contribution in [-0.2, 0) is 16.0 Å². The summed E-state index contributed by atoms with van der Waals surface area (Å²) < 4.78 is 5.59. The van der Waals surface area contributed by atoms with E-state index in [4.69, 9.17) is 9.84 Å². The van der Waals surface area contributed by atoms with E-state index in [9.17, 15) is 9.59 Å². The molecule has 0 saturated carbocycles. The molecule has 5 nitrogen and oxygen atoms in total. The highest BCUT2D eigenvalue weighted by Gasteiger charge is 2.32. The summed E-state index contributed by atoms with van der Waals surface area (Å²) >= 11 is 0. The fourth-order valence-corrected chi connectivity index (χ4v) is 2.99. The minimum absolute atomic E-state index is 0.00979. The van der Waals surface area contributed by atoms with Gasteiger partial charge in [0, 0.05) is 13.1 Å². The van der Waals surface area contributed by atoms with Crippen LogP contribution in [0.25, 0.3) is 0 Å². The van der Waals surface area contributed by atoms with Crippen molar-refractivity contribution in [2.45, 2.75) is 33.1 Å². The summed E-state index contributed by atoms with van der Waals surface area (Å²) in [5.74, 6) is -0.275. The Labute approximate surface area is 137 Å². The standard InChI is InChI=1S/C18H25NO4/c1-3-9-23-15-6-4-5-14(10-15)11-17(20)19-8-7-16(18(21)22)13(2)12-19/h4-6,10,13,16H,3,7-9,11-12H2,1-2H3,(H,21,22). The first-order valence-electron chi connectivity index (χ1n) is 8.23. The number of amides is 1. The fourth-order valence-electron chi connectivity index (χ4n) is 2.99. The smallest absolute Gasteiger partial charge is 0.306 e. The van der Waals surface area contributed by atoms with Crippen molar-refractivity contribution < 1.29 is 19.4 Å². The van der Waals surface area contributed by atoms with E-state index in [0.717, 1.165) is 17.7 Å². The molecule has 1 aliphatic rings. The zero-order chi connectivity index (χ0) is 16.8. The molecule has 1 N–H and O–H groups in total. The monoisotopic (exact) mass is 319 g/mol. The summed E-state index contributed by atoms with van der Waals surface area (Å²) in [7, 11) is 0. The second-order valence-corrected chi connectivity index (χ2v) is 6.22. The number of carboxylic acids is 1. The summed E-state index contributed by atoms with van der Waals surface area (Å²) in [6, 6.07) is 7.61. The molecule has 2 unspecified atom stereocenters. The summed E-state index contributed by atoms with van der Waals surface area (Å²) in [4.78, 5) is 25.4. The van der Waals surface area contributed by atoms with Crippen molar-refractivity contribution in [3.05, 3.63) is 29.8 Å². The van der Waals surface area contributed by atoms with E-state index in [1.54, 1.807) is 4.90 Å². The first-order chi connectivity index (χ1) is 11.0. The molecule has 0 bridgehead atoms. The van der Waals surface area contributed by atoms with E-state index >= 15 is 0 Å². The third-order valence-corrected chi connectivity index (χ3v) is 4.30. The lowest BCUT2D eigenvalue weighted by molar-refractivity contribution is -0.148. The second kappa shape index (κ2) is 7.99. The third kappa shape index (κ3) is 4.71. The molecule has 0 spiro atoms. The third-order valence-electron chi connectivity index (χ3n) is 4.30. The van der Waals surface area contributed by atoms with Gasteiger partial charge in [-0.25, -0.2) is 0 Å². The van der Waals surface area contributed by atoms with Crippen LogP contribution in [0.1, 0.15) is 32.3 Å². The summed E-state index contributed by atoms with van der Waals surface area (Å²) in [5.41, 5.74) is 0.927. The van der Waals surface area contributed by atoms with Crippen molar-refractivity contribution in [3.8, 4) is 5.75 Å². The van der Waals surface area contributed by atoms with Crippen LogP contribution in [0.4, 0.5) is 0 Å². The Balaban J connectivity index is 1.93. The molecular weight excluding hydrogens is 294 g/mol. The largest absolute Gasteiger partial charge is 0.494 e. The van der Waals surface area contributed by atoms with Gasteiger partial charge in [0.1, 0.15) is 5.75 Å². The average molecular weight is 319 g/mol. The van der Waals surface area contributed by atoms with Crippen molar-refractivity contribution in [3.63, 3.8) is 0 Å². The number of carbonyl (C=O) groups is 2. The maximum atomic E-state index is 12.5. The highest BCUT2D eigenvalue weighted by Crippen LogP contribution is 2.24. The van der Waals surface area contributed by atoms with Crippen LogP contribution in [0.2, 0.25) is 0 Å². The highest BCUT2D eigenvalue weighted by atomic mass is 16.5. The lowest BCUT2D eigenvalue weighted by atomic mass is 9.87. The Morgan fingerprint density at radius 1 is 1.39 bits per heavy atom. The Bertz CT molecular complexity index is 558. The van der Waals surface area contributed by atoms with Crippen LogP contribution in [0, 0.1) is 11.8 Å². The zero-order valence-electron chi connectivity index (χ0n) is 13.8. The van der Waals surface area contributed by atoms with E-state index in [2.05, 4.69) is 6.92 Å². The van der Waals surface area contributed by atoms with Gasteiger partial charge < -0.3 is 14.7 Å². The van der Waals surface area contributed by atoms with E-state index in [1.807, 2.05) is 31.2 Å². The molecule has 0 aromatic heterocycles. The van der Waals surface area contributed by atoms with Gasteiger partial charge in [0.15, 0.2) is 0 Å². The number of aliphatic carboxylic acids is 1. The van der Waals surface area contributed by atoms with Gasteiger partial charge >= 0.3 is 5.97 Å². The molecular formula is C18H25NO4. The van der Waals surface area contributed by atoms with E-state index in [0.29, 0.717) is 32.5 Å². The average Bonchev–Trinajstić information content (AvgIpc) is 2.52. The molecule has 126 valence electrons. The predicted octanol–water partition coefficient (Wildman–Crippen LogP) is 2.59. The lowest BCUT2D eigenvalue weighted by Crippen LogP contribution is -2.45. The van der Waals surface area contributed by atoms with Crippen molar-refractivity contribution >= 4 is 11.9 Å². The molecule has 1 aromatic carbocycles. The maximum Gasteiger partial charge on any atom is 0.306 e. The van der Waals surface area contributed by atoms with Crippen LogP contribution in [0.5, 0.6) is 5.75 Å². The number of hydrogen-bond donors (Lipinski definition) is 1. The number of benzene rings is 1. The number of carboxylic acid groups (broad SMARTS) is 1. The number of likely N-dealkylation sites (tertiary alicyclic amines) is 1. The Morgan fingerprint density at radius 2 is 2.17 bits per heavy atom. The predicted molar refractivity (Wildman–Crippen MR) is 87.4 cm³/mol. The van der Waals surface area contributed by atoms with Gasteiger partial charge in [0.05, 0.1) is 18.9 Å². The molecule has 2 rings (SSSR count). The zero-order valence-corrected chi connectivity index (χ0v) is 13.8. The minimum Gasteiger partial charge on any atom is -0.494 e. The molecule has 2 atom stereocenters. The lowest BCUT2D eigenvalue weighted by Gasteiger charge is -2.35. The fraction of sp³-hybridized carbons (Fsp3) is 0.556. The van der Waals surface area contributed by atoms with Crippen LogP contribution >= 0.6 is 0 Å². The topological polar surface area (TPSA) is 66.8 Å². The molecule has 1 heterocycles. The summed E-state index contributed by atoms with van der Waals surface area (Å²) in [6.45, 7) is 5.65. The van der Waals surface area contributed by atoms with Crippen LogP contribution in [-0.4, -0.2) is 41.6 Å². The van der Waals surface area contributed by atoms with Crippen molar-refractivity contribution in [1.29, 1.82) is 0 Å². The van der Waals surface area contributed by atoms with Gasteiger partial charge in [-0.15, -0.1) is 0 Å². The van der Waals surface area contributed by atoms with E-state index < -0.39 is 5.97 Å². The van der Waals surface area contributed by atoms with Gasteiger partial charge in [0.25, 0.3) is 0 Å². The molecule has 1 amide bonds. The van der Waals surface area contributed by atoms with Crippen molar-refractivity contribution in [1.82, 2.24) is 4.90 Å². The number of piperidine rings is 1. The summed E-state index contributed by atoms with van der Waals surface area (Å²) in [5, 5.41) is 9.15. The molecule has 0 radical (unpaired) electrons. The molecule has 0 aliphatic carbocycles. The maximum absolute atomic E-state index is 12.5. The van der Waals surface area contributed by atoms with Gasteiger partial charge in [-0.1, -0.05) is 26.0 Å². The molecule has 1 aromatic rings. The number of nitrogens with zero attached hydrogens (tertiary/aromatic N) is 1. The highest BCUT2D eigenvalue weighted by molar-refractivity contribution is 5.79. The first kappa shape index (κ1) is 17.3. The minimum atomic E-state index is -0.759.